The van der Waals surface area contributed by atoms with Gasteiger partial charge in [-0.3, -0.25) is 4.79 Å². The monoisotopic (exact) mass is 201 g/mol. The van der Waals surface area contributed by atoms with Gasteiger partial charge in [0.15, 0.2) is 0 Å². The standard InChI is InChI=1S/C10H19NO3/c1-7(11-8(2)13)6-14-10-3-9(4-10)5-12/h7,9-10,12H,3-6H2,1-2H3,(H,11,13)/t7-,9?,10?/m0/s1. The Bertz CT molecular complexity index is 190. The molecule has 0 unspecified atom stereocenters. The molecule has 0 aromatic heterocycles. The van der Waals surface area contributed by atoms with Crippen LogP contribution in [0.25, 0.3) is 0 Å². The van der Waals surface area contributed by atoms with Crippen LogP contribution in [0.1, 0.15) is 26.7 Å². The highest BCUT2D eigenvalue weighted by atomic mass is 16.5. The molecule has 4 heteroatoms. The number of carbonyl (C=O) groups excluding carboxylic acids is 1. The zero-order valence-corrected chi connectivity index (χ0v) is 8.82. The van der Waals surface area contributed by atoms with E-state index < -0.39 is 0 Å². The van der Waals surface area contributed by atoms with Crippen molar-refractivity contribution in [3.8, 4) is 0 Å². The van der Waals surface area contributed by atoms with Gasteiger partial charge in [-0.2, -0.15) is 0 Å². The van der Waals surface area contributed by atoms with E-state index in [1.165, 1.54) is 6.92 Å². The van der Waals surface area contributed by atoms with Crippen LogP contribution in [0, 0.1) is 5.92 Å². The molecule has 1 fully saturated rings. The zero-order chi connectivity index (χ0) is 10.6. The lowest BCUT2D eigenvalue weighted by atomic mass is 9.83. The van der Waals surface area contributed by atoms with Gasteiger partial charge in [0.25, 0.3) is 0 Å². The molecule has 2 N–H and O–H groups in total. The number of hydrogen-bond acceptors (Lipinski definition) is 3. The summed E-state index contributed by atoms with van der Waals surface area (Å²) in [6.45, 7) is 4.24. The molecule has 1 aliphatic rings. The summed E-state index contributed by atoms with van der Waals surface area (Å²) in [5.41, 5.74) is 0. The summed E-state index contributed by atoms with van der Waals surface area (Å²) in [4.78, 5) is 10.7. The van der Waals surface area contributed by atoms with Gasteiger partial charge in [-0.1, -0.05) is 0 Å². The highest BCUT2D eigenvalue weighted by Gasteiger charge is 2.29. The second-order valence-corrected chi connectivity index (χ2v) is 4.08. The molecule has 14 heavy (non-hydrogen) atoms. The summed E-state index contributed by atoms with van der Waals surface area (Å²) in [6.07, 6.45) is 2.18. The van der Waals surface area contributed by atoms with Crippen LogP contribution >= 0.6 is 0 Å². The lowest BCUT2D eigenvalue weighted by Crippen LogP contribution is -2.39. The molecule has 0 heterocycles. The van der Waals surface area contributed by atoms with E-state index >= 15 is 0 Å². The normalized spacial score (nSPS) is 27.9. The first-order chi connectivity index (χ1) is 6.61. The van der Waals surface area contributed by atoms with Crippen molar-refractivity contribution in [1.29, 1.82) is 0 Å². The third kappa shape index (κ3) is 3.64. The van der Waals surface area contributed by atoms with Crippen LogP contribution in [0.2, 0.25) is 0 Å². The van der Waals surface area contributed by atoms with Crippen LogP contribution in [-0.4, -0.2) is 36.4 Å². The van der Waals surface area contributed by atoms with Crippen molar-refractivity contribution in [2.24, 2.45) is 5.92 Å². The lowest BCUT2D eigenvalue weighted by Gasteiger charge is -2.34. The Morgan fingerprint density at radius 2 is 2.29 bits per heavy atom. The first kappa shape index (κ1) is 11.5. The summed E-state index contributed by atoms with van der Waals surface area (Å²) in [6, 6.07) is 0.0701. The van der Waals surface area contributed by atoms with Crippen LogP contribution < -0.4 is 5.32 Å². The van der Waals surface area contributed by atoms with E-state index in [0.29, 0.717) is 12.5 Å². The van der Waals surface area contributed by atoms with Gasteiger partial charge in [-0.25, -0.2) is 0 Å². The third-order valence-corrected chi connectivity index (χ3v) is 2.48. The number of ether oxygens (including phenoxy) is 1. The molecule has 0 aromatic carbocycles. The molecule has 1 aliphatic carbocycles. The van der Waals surface area contributed by atoms with Gasteiger partial charge in [0.2, 0.25) is 5.91 Å². The average molecular weight is 201 g/mol. The third-order valence-electron chi connectivity index (χ3n) is 2.48. The largest absolute Gasteiger partial charge is 0.396 e. The summed E-state index contributed by atoms with van der Waals surface area (Å²) in [5.74, 6) is 0.402. The molecule has 0 bridgehead atoms. The van der Waals surface area contributed by atoms with Crippen molar-refractivity contribution in [2.45, 2.75) is 38.8 Å². The quantitative estimate of drug-likeness (QED) is 0.672. The highest BCUT2D eigenvalue weighted by molar-refractivity contribution is 5.73. The molecule has 1 atom stereocenters. The maximum absolute atomic E-state index is 10.7. The number of aliphatic hydroxyl groups excluding tert-OH is 1. The molecule has 1 rings (SSSR count). The minimum Gasteiger partial charge on any atom is -0.396 e. The van der Waals surface area contributed by atoms with Gasteiger partial charge in [0, 0.05) is 19.6 Å². The van der Waals surface area contributed by atoms with Crippen LogP contribution in [-0.2, 0) is 9.53 Å². The number of rotatable bonds is 5. The zero-order valence-electron chi connectivity index (χ0n) is 8.82. The van der Waals surface area contributed by atoms with Gasteiger partial charge >= 0.3 is 0 Å². The Labute approximate surface area is 84.6 Å². The van der Waals surface area contributed by atoms with E-state index in [4.69, 9.17) is 9.84 Å². The Balaban J connectivity index is 2.01. The first-order valence-electron chi connectivity index (χ1n) is 5.11. The van der Waals surface area contributed by atoms with Gasteiger partial charge in [0.05, 0.1) is 12.7 Å². The van der Waals surface area contributed by atoms with Gasteiger partial charge < -0.3 is 15.2 Å². The number of hydrogen-bond donors (Lipinski definition) is 2. The summed E-state index contributed by atoms with van der Waals surface area (Å²) in [5, 5.41) is 11.5. The number of carbonyl (C=O) groups is 1. The topological polar surface area (TPSA) is 58.6 Å². The molecule has 0 aromatic rings. The minimum atomic E-state index is -0.0251. The maximum Gasteiger partial charge on any atom is 0.217 e. The second-order valence-electron chi connectivity index (χ2n) is 4.08. The number of amides is 1. The molecule has 0 aliphatic heterocycles. The van der Waals surface area contributed by atoms with Gasteiger partial charge in [-0.15, -0.1) is 0 Å². The van der Waals surface area contributed by atoms with Crippen LogP contribution in [0.15, 0.2) is 0 Å². The van der Waals surface area contributed by atoms with Crippen LogP contribution in [0.4, 0.5) is 0 Å². The fraction of sp³-hybridized carbons (Fsp3) is 0.900. The summed E-state index contributed by atoms with van der Waals surface area (Å²) >= 11 is 0. The first-order valence-corrected chi connectivity index (χ1v) is 5.11. The van der Waals surface area contributed by atoms with Crippen molar-refractivity contribution in [2.75, 3.05) is 13.2 Å². The van der Waals surface area contributed by atoms with Crippen molar-refractivity contribution in [3.63, 3.8) is 0 Å². The van der Waals surface area contributed by atoms with E-state index in [2.05, 4.69) is 5.32 Å². The van der Waals surface area contributed by atoms with E-state index in [0.717, 1.165) is 12.8 Å². The van der Waals surface area contributed by atoms with Crippen LogP contribution in [0.3, 0.4) is 0 Å². The molecule has 1 amide bonds. The van der Waals surface area contributed by atoms with Crippen LogP contribution in [0.5, 0.6) is 0 Å². The Morgan fingerprint density at radius 1 is 1.64 bits per heavy atom. The van der Waals surface area contributed by atoms with E-state index in [-0.39, 0.29) is 24.7 Å². The fourth-order valence-corrected chi connectivity index (χ4v) is 1.63. The molecule has 0 radical (unpaired) electrons. The predicted octanol–water partition coefficient (Wildman–Crippen LogP) is 0.299. The predicted molar refractivity (Wildman–Crippen MR) is 52.8 cm³/mol. The van der Waals surface area contributed by atoms with Crippen molar-refractivity contribution < 1.29 is 14.6 Å². The SMILES string of the molecule is CC(=O)N[C@@H](C)COC1CC(CO)C1. The average Bonchev–Trinajstić information content (AvgIpc) is 2.00. The Hall–Kier alpha value is -0.610. The fourth-order valence-electron chi connectivity index (χ4n) is 1.63. The number of nitrogens with one attached hydrogen (secondary N) is 1. The number of aliphatic hydroxyl groups is 1. The maximum atomic E-state index is 10.7. The molecule has 0 spiro atoms. The van der Waals surface area contributed by atoms with E-state index in [1.807, 2.05) is 6.92 Å². The summed E-state index contributed by atoms with van der Waals surface area (Å²) < 4.78 is 5.55. The molecular weight excluding hydrogens is 182 g/mol. The summed E-state index contributed by atoms with van der Waals surface area (Å²) in [7, 11) is 0. The van der Waals surface area contributed by atoms with Gasteiger partial charge in [0.1, 0.15) is 0 Å². The van der Waals surface area contributed by atoms with E-state index in [1.54, 1.807) is 0 Å². The smallest absolute Gasteiger partial charge is 0.217 e. The lowest BCUT2D eigenvalue weighted by molar-refractivity contribution is -0.120. The van der Waals surface area contributed by atoms with Crippen molar-refractivity contribution >= 4 is 5.91 Å². The van der Waals surface area contributed by atoms with E-state index in [9.17, 15) is 4.79 Å². The molecule has 1 saturated carbocycles. The van der Waals surface area contributed by atoms with Crippen molar-refractivity contribution in [1.82, 2.24) is 5.32 Å². The van der Waals surface area contributed by atoms with Crippen molar-refractivity contribution in [3.05, 3.63) is 0 Å². The van der Waals surface area contributed by atoms with Gasteiger partial charge in [-0.05, 0) is 25.7 Å². The highest BCUT2D eigenvalue weighted by Crippen LogP contribution is 2.29. The molecule has 0 saturated heterocycles. The molecule has 4 nitrogen and oxygen atoms in total. The minimum absolute atomic E-state index is 0.0251. The Morgan fingerprint density at radius 3 is 2.79 bits per heavy atom. The molecular formula is C10H19NO3. The molecule has 82 valence electrons. The Kier molecular flexibility index (Phi) is 4.35. The second kappa shape index (κ2) is 5.32.